The number of fused-ring (bicyclic) bond motifs is 1. The van der Waals surface area contributed by atoms with Gasteiger partial charge in [0.2, 0.25) is 0 Å². The number of benzene rings is 2. The molecular weight excluding hydrogens is 308 g/mol. The maximum Gasteiger partial charge on any atom is 0.336 e. The summed E-state index contributed by atoms with van der Waals surface area (Å²) in [6, 6.07) is 18.0. The first-order valence-electron chi connectivity index (χ1n) is 7.67. The van der Waals surface area contributed by atoms with Gasteiger partial charge in [-0.1, -0.05) is 30.3 Å². The molecule has 3 rings (SSSR count). The second kappa shape index (κ2) is 7.77. The van der Waals surface area contributed by atoms with Crippen LogP contribution in [-0.4, -0.2) is 24.4 Å². The fourth-order valence-corrected chi connectivity index (χ4v) is 2.26. The van der Waals surface area contributed by atoms with Gasteiger partial charge in [-0.05, 0) is 23.8 Å². The summed E-state index contributed by atoms with van der Waals surface area (Å²) < 4.78 is 16.1. The zero-order valence-electron chi connectivity index (χ0n) is 13.1. The van der Waals surface area contributed by atoms with Gasteiger partial charge < -0.3 is 19.0 Å². The molecule has 5 heteroatoms. The monoisotopic (exact) mass is 326 g/mol. The molecule has 0 aliphatic rings. The highest BCUT2D eigenvalue weighted by molar-refractivity contribution is 5.77. The minimum absolute atomic E-state index is 0.0946. The van der Waals surface area contributed by atoms with E-state index in [1.807, 2.05) is 30.3 Å². The topological polar surface area (TPSA) is 68.9 Å². The summed E-state index contributed by atoms with van der Waals surface area (Å²) in [7, 11) is 0. The van der Waals surface area contributed by atoms with Crippen molar-refractivity contribution in [1.29, 1.82) is 0 Å². The SMILES string of the molecule is O=c1ccc2ccc(OCC(O)COCc3ccccc3)cc2o1. The zero-order valence-corrected chi connectivity index (χ0v) is 13.1. The Labute approximate surface area is 139 Å². The molecule has 0 radical (unpaired) electrons. The summed E-state index contributed by atoms with van der Waals surface area (Å²) in [4.78, 5) is 11.2. The van der Waals surface area contributed by atoms with E-state index in [4.69, 9.17) is 13.9 Å². The van der Waals surface area contributed by atoms with Crippen molar-refractivity contribution in [1.82, 2.24) is 0 Å². The van der Waals surface area contributed by atoms with Gasteiger partial charge in [0.1, 0.15) is 24.0 Å². The van der Waals surface area contributed by atoms with Crippen LogP contribution in [0.25, 0.3) is 11.0 Å². The Morgan fingerprint density at radius 3 is 2.62 bits per heavy atom. The number of hydrogen-bond acceptors (Lipinski definition) is 5. The largest absolute Gasteiger partial charge is 0.491 e. The first kappa shape index (κ1) is 16.2. The average molecular weight is 326 g/mol. The molecule has 0 spiro atoms. The predicted octanol–water partition coefficient (Wildman–Crippen LogP) is 2.75. The molecule has 124 valence electrons. The summed E-state index contributed by atoms with van der Waals surface area (Å²) >= 11 is 0. The van der Waals surface area contributed by atoms with Crippen LogP contribution in [0.15, 0.2) is 69.9 Å². The van der Waals surface area contributed by atoms with Gasteiger partial charge in [0.05, 0.1) is 13.2 Å². The molecule has 1 unspecified atom stereocenters. The maximum absolute atomic E-state index is 11.2. The fraction of sp³-hybridized carbons (Fsp3) is 0.211. The molecule has 1 N–H and O–H groups in total. The highest BCUT2D eigenvalue weighted by Gasteiger charge is 2.07. The number of aliphatic hydroxyl groups excluding tert-OH is 1. The minimum atomic E-state index is -0.743. The van der Waals surface area contributed by atoms with Gasteiger partial charge in [0, 0.05) is 17.5 Å². The zero-order chi connectivity index (χ0) is 16.8. The smallest absolute Gasteiger partial charge is 0.336 e. The van der Waals surface area contributed by atoms with Gasteiger partial charge in [-0.15, -0.1) is 0 Å². The second-order valence-corrected chi connectivity index (χ2v) is 5.42. The van der Waals surface area contributed by atoms with Crippen molar-refractivity contribution in [2.45, 2.75) is 12.7 Å². The maximum atomic E-state index is 11.2. The van der Waals surface area contributed by atoms with Crippen molar-refractivity contribution >= 4 is 11.0 Å². The van der Waals surface area contributed by atoms with Crippen LogP contribution in [0.5, 0.6) is 5.75 Å². The molecule has 0 saturated heterocycles. The molecule has 0 amide bonds. The number of hydrogen-bond donors (Lipinski definition) is 1. The molecule has 1 heterocycles. The van der Waals surface area contributed by atoms with Crippen LogP contribution in [0.4, 0.5) is 0 Å². The second-order valence-electron chi connectivity index (χ2n) is 5.42. The third-order valence-electron chi connectivity index (χ3n) is 3.46. The van der Waals surface area contributed by atoms with Crippen molar-refractivity contribution in [2.24, 2.45) is 0 Å². The molecule has 0 bridgehead atoms. The van der Waals surface area contributed by atoms with E-state index >= 15 is 0 Å². The van der Waals surface area contributed by atoms with Crippen molar-refractivity contribution < 1.29 is 19.0 Å². The summed E-state index contributed by atoms with van der Waals surface area (Å²) in [6.07, 6.45) is -0.743. The first-order valence-corrected chi connectivity index (χ1v) is 7.67. The number of ether oxygens (including phenoxy) is 2. The number of rotatable bonds is 7. The standard InChI is InChI=1S/C19H18O5/c20-16(12-22-11-14-4-2-1-3-5-14)13-23-17-8-6-15-7-9-19(21)24-18(15)10-17/h1-10,16,20H,11-13H2. The van der Waals surface area contributed by atoms with Crippen LogP contribution in [-0.2, 0) is 11.3 Å². The van der Waals surface area contributed by atoms with Gasteiger partial charge in [-0.25, -0.2) is 4.79 Å². The fourth-order valence-electron chi connectivity index (χ4n) is 2.26. The molecule has 0 saturated carbocycles. The van der Waals surface area contributed by atoms with Gasteiger partial charge in [0.15, 0.2) is 0 Å². The lowest BCUT2D eigenvalue weighted by Crippen LogP contribution is -2.23. The predicted molar refractivity (Wildman–Crippen MR) is 90.1 cm³/mol. The van der Waals surface area contributed by atoms with E-state index in [9.17, 15) is 9.90 Å². The van der Waals surface area contributed by atoms with E-state index in [0.717, 1.165) is 10.9 Å². The van der Waals surface area contributed by atoms with Gasteiger partial charge in [-0.3, -0.25) is 0 Å². The van der Waals surface area contributed by atoms with Crippen LogP contribution in [0.3, 0.4) is 0 Å². The van der Waals surface area contributed by atoms with E-state index in [1.54, 1.807) is 24.3 Å². The summed E-state index contributed by atoms with van der Waals surface area (Å²) in [5.74, 6) is 0.527. The average Bonchev–Trinajstić information content (AvgIpc) is 2.60. The summed E-state index contributed by atoms with van der Waals surface area (Å²) in [5, 5.41) is 10.7. The minimum Gasteiger partial charge on any atom is -0.491 e. The van der Waals surface area contributed by atoms with Gasteiger partial charge in [-0.2, -0.15) is 0 Å². The number of aliphatic hydroxyl groups is 1. The van der Waals surface area contributed by atoms with Crippen LogP contribution in [0.1, 0.15) is 5.56 Å². The first-order chi connectivity index (χ1) is 11.7. The van der Waals surface area contributed by atoms with E-state index in [-0.39, 0.29) is 13.2 Å². The molecule has 0 aliphatic carbocycles. The highest BCUT2D eigenvalue weighted by Crippen LogP contribution is 2.19. The lowest BCUT2D eigenvalue weighted by Gasteiger charge is -2.13. The Morgan fingerprint density at radius 2 is 1.79 bits per heavy atom. The van der Waals surface area contributed by atoms with E-state index < -0.39 is 11.7 Å². The molecule has 0 aliphatic heterocycles. The molecule has 5 nitrogen and oxygen atoms in total. The Hall–Kier alpha value is -2.63. The normalized spacial score (nSPS) is 12.2. The molecule has 1 aromatic heterocycles. The third kappa shape index (κ3) is 4.44. The quantitative estimate of drug-likeness (QED) is 0.676. The Bertz CT molecular complexity index is 841. The Morgan fingerprint density at radius 1 is 1.00 bits per heavy atom. The molecule has 0 fully saturated rings. The molecule has 3 aromatic rings. The van der Waals surface area contributed by atoms with Crippen LogP contribution in [0, 0.1) is 0 Å². The lowest BCUT2D eigenvalue weighted by molar-refractivity contribution is 0.00550. The van der Waals surface area contributed by atoms with E-state index in [0.29, 0.717) is 17.9 Å². The van der Waals surface area contributed by atoms with Crippen molar-refractivity contribution in [3.8, 4) is 5.75 Å². The molecule has 2 aromatic carbocycles. The molecule has 1 atom stereocenters. The Kier molecular flexibility index (Phi) is 5.25. The lowest BCUT2D eigenvalue weighted by atomic mass is 10.2. The van der Waals surface area contributed by atoms with Crippen LogP contribution < -0.4 is 10.4 Å². The summed E-state index contributed by atoms with van der Waals surface area (Å²) in [6.45, 7) is 0.716. The molecular formula is C19H18O5. The van der Waals surface area contributed by atoms with Gasteiger partial charge in [0.25, 0.3) is 0 Å². The third-order valence-corrected chi connectivity index (χ3v) is 3.46. The van der Waals surface area contributed by atoms with Crippen LogP contribution >= 0.6 is 0 Å². The van der Waals surface area contributed by atoms with Crippen molar-refractivity contribution in [2.75, 3.05) is 13.2 Å². The van der Waals surface area contributed by atoms with Crippen molar-refractivity contribution in [3.63, 3.8) is 0 Å². The van der Waals surface area contributed by atoms with Gasteiger partial charge >= 0.3 is 5.63 Å². The van der Waals surface area contributed by atoms with E-state index in [2.05, 4.69) is 0 Å². The molecule has 24 heavy (non-hydrogen) atoms. The summed E-state index contributed by atoms with van der Waals surface area (Å²) in [5.41, 5.74) is 1.10. The van der Waals surface area contributed by atoms with Crippen LogP contribution in [0.2, 0.25) is 0 Å². The highest BCUT2D eigenvalue weighted by atomic mass is 16.5. The Balaban J connectivity index is 1.49. The van der Waals surface area contributed by atoms with E-state index in [1.165, 1.54) is 6.07 Å². The van der Waals surface area contributed by atoms with Crippen molar-refractivity contribution in [3.05, 3.63) is 76.6 Å².